The van der Waals surface area contributed by atoms with Gasteiger partial charge in [0.1, 0.15) is 17.1 Å². The normalized spacial score (nSPS) is 10.8. The Morgan fingerprint density at radius 3 is 2.25 bits per heavy atom. The summed E-state index contributed by atoms with van der Waals surface area (Å²) in [5, 5.41) is 2.00. The molecule has 7 heteroatoms. The van der Waals surface area contributed by atoms with Crippen molar-refractivity contribution in [3.63, 3.8) is 0 Å². The van der Waals surface area contributed by atoms with E-state index in [1.165, 1.54) is 0 Å². The number of hydrogen-bond acceptors (Lipinski definition) is 6. The highest BCUT2D eigenvalue weighted by Crippen LogP contribution is 2.46. The Hall–Kier alpha value is -5.04. The van der Waals surface area contributed by atoms with E-state index in [4.69, 9.17) is 13.9 Å². The third-order valence-corrected chi connectivity index (χ3v) is 8.44. The predicted molar refractivity (Wildman–Crippen MR) is 201 cm³/mol. The van der Waals surface area contributed by atoms with Crippen molar-refractivity contribution in [3.05, 3.63) is 110 Å². The number of hydrogen-bond donors (Lipinski definition) is 0. The molecule has 0 atom stereocenters. The van der Waals surface area contributed by atoms with Crippen molar-refractivity contribution in [3.8, 4) is 28.2 Å². The number of carbonyl (C=O) groups excluding carboxylic acids is 1. The van der Waals surface area contributed by atoms with Crippen LogP contribution in [0.15, 0.2) is 104 Å². The van der Waals surface area contributed by atoms with Gasteiger partial charge in [-0.3, -0.25) is 4.79 Å². The zero-order chi connectivity index (χ0) is 34.6. The van der Waals surface area contributed by atoms with Crippen LogP contribution < -0.4 is 24.5 Å². The van der Waals surface area contributed by atoms with Gasteiger partial charge < -0.3 is 23.7 Å². The van der Waals surface area contributed by atoms with Gasteiger partial charge in [0, 0.05) is 84.3 Å². The first-order valence-corrected chi connectivity index (χ1v) is 16.7. The highest BCUT2D eigenvalue weighted by molar-refractivity contribution is 6.04. The Labute approximate surface area is 285 Å². The molecule has 0 saturated heterocycles. The third-order valence-electron chi connectivity index (χ3n) is 8.44. The van der Waals surface area contributed by atoms with E-state index >= 15 is 0 Å². The maximum absolute atomic E-state index is 12.0. The topological polar surface area (TPSA) is 58.2 Å². The molecule has 0 spiro atoms. The lowest BCUT2D eigenvalue weighted by Gasteiger charge is -2.27. The van der Waals surface area contributed by atoms with Gasteiger partial charge in [0.25, 0.3) is 0 Å². The minimum Gasteiger partial charge on any atom is -0.496 e. The molecule has 4 rings (SSSR count). The summed E-state index contributed by atoms with van der Waals surface area (Å²) in [5.41, 5.74) is 6.99. The van der Waals surface area contributed by atoms with Crippen molar-refractivity contribution in [1.29, 1.82) is 0 Å². The molecule has 2 aliphatic rings. The lowest BCUT2D eigenvalue weighted by Crippen LogP contribution is -2.30. The summed E-state index contributed by atoms with van der Waals surface area (Å²) in [7, 11) is 1.72. The fraction of sp³-hybridized carbons (Fsp3) is 0.317. The molecule has 1 aliphatic heterocycles. The molecule has 1 aliphatic carbocycles. The summed E-state index contributed by atoms with van der Waals surface area (Å²) in [6.45, 7) is 26.6. The molecule has 0 amide bonds. The fourth-order valence-corrected chi connectivity index (χ4v) is 6.22. The molecule has 252 valence electrons. The minimum atomic E-state index is -0.160. The first kappa shape index (κ1) is 35.8. The van der Waals surface area contributed by atoms with Gasteiger partial charge in [-0.2, -0.15) is 0 Å². The van der Waals surface area contributed by atoms with Crippen molar-refractivity contribution in [1.82, 2.24) is 4.58 Å². The lowest BCUT2D eigenvalue weighted by atomic mass is 9.91. The Kier molecular flexibility index (Phi) is 12.8. The number of aryl methyl sites for hydroxylation is 1. The Bertz CT molecular complexity index is 1800. The molecule has 0 unspecified atom stereocenters. The SMILES string of the molecule is C=CCN(CC=C)c1ccc2c(-c3cc(C)c(N(CC)CCCC(=O)OCC)cc3OC)c3ccc(=[N+](CC=C)CC=C)cc-3oc2c1. The second kappa shape index (κ2) is 17.2. The third kappa shape index (κ3) is 8.08. The van der Waals surface area contributed by atoms with E-state index in [-0.39, 0.29) is 5.97 Å². The van der Waals surface area contributed by atoms with Crippen molar-refractivity contribution in [2.24, 2.45) is 0 Å². The average molecular weight is 649 g/mol. The van der Waals surface area contributed by atoms with E-state index in [2.05, 4.69) is 103 Å². The largest absolute Gasteiger partial charge is 0.496 e. The molecule has 48 heavy (non-hydrogen) atoms. The molecule has 0 bridgehead atoms. The molecule has 0 N–H and O–H groups in total. The number of carbonyl (C=O) groups is 1. The van der Waals surface area contributed by atoms with Gasteiger partial charge in [-0.1, -0.05) is 25.3 Å². The smallest absolute Gasteiger partial charge is 0.305 e. The Morgan fingerprint density at radius 1 is 0.896 bits per heavy atom. The minimum absolute atomic E-state index is 0.160. The standard InChI is InChI=1S/C41H50N3O4/c1-9-21-43(22-10-2)31-17-19-33-38(27-31)48-39-28-32(44(23-11-3)24-12-4)18-20-34(39)41(33)35-26-30(7)36(29-37(35)46-8)42(13-5)25-15-16-40(45)47-14-6/h9-12,17-20,26-29H,1-4,13-16,21-25H2,5-8H3/q+1. The molecule has 1 heterocycles. The van der Waals surface area contributed by atoms with Crippen LogP contribution in [0.4, 0.5) is 11.4 Å². The molecule has 0 aromatic heterocycles. The van der Waals surface area contributed by atoms with Crippen LogP contribution in [0.2, 0.25) is 0 Å². The second-order valence-corrected chi connectivity index (χ2v) is 11.6. The monoisotopic (exact) mass is 648 g/mol. The summed E-state index contributed by atoms with van der Waals surface area (Å²) in [6, 6.07) is 17.0. The maximum atomic E-state index is 12.0. The lowest BCUT2D eigenvalue weighted by molar-refractivity contribution is -0.143. The van der Waals surface area contributed by atoms with E-state index in [1.54, 1.807) is 7.11 Å². The van der Waals surface area contributed by atoms with Crippen molar-refractivity contribution >= 4 is 28.3 Å². The molecule has 0 radical (unpaired) electrons. The molecular formula is C41H50N3O4+. The van der Waals surface area contributed by atoms with Crippen LogP contribution in [0, 0.1) is 6.92 Å². The second-order valence-electron chi connectivity index (χ2n) is 11.6. The number of esters is 1. The highest BCUT2D eigenvalue weighted by Gasteiger charge is 2.23. The first-order valence-electron chi connectivity index (χ1n) is 16.7. The Balaban J connectivity index is 1.96. The van der Waals surface area contributed by atoms with Gasteiger partial charge >= 0.3 is 5.97 Å². The summed E-state index contributed by atoms with van der Waals surface area (Å²) < 4.78 is 20.2. The summed E-state index contributed by atoms with van der Waals surface area (Å²) in [4.78, 5) is 16.5. The van der Waals surface area contributed by atoms with E-state index in [1.807, 2.05) is 31.2 Å². The van der Waals surface area contributed by atoms with Crippen LogP contribution in [0.3, 0.4) is 0 Å². The molecule has 0 saturated carbocycles. The number of anilines is 2. The van der Waals surface area contributed by atoms with Crippen LogP contribution in [-0.2, 0) is 9.53 Å². The van der Waals surface area contributed by atoms with Gasteiger partial charge in [-0.05, 0) is 69.2 Å². The van der Waals surface area contributed by atoms with Crippen LogP contribution in [-0.4, -0.2) is 59.0 Å². The molecule has 2 aromatic rings. The number of rotatable bonds is 18. The summed E-state index contributed by atoms with van der Waals surface area (Å²) >= 11 is 0. The van der Waals surface area contributed by atoms with E-state index in [0.29, 0.717) is 45.6 Å². The van der Waals surface area contributed by atoms with E-state index in [0.717, 1.165) is 74.6 Å². The number of ether oxygens (including phenoxy) is 2. The molecular weight excluding hydrogens is 598 g/mol. The van der Waals surface area contributed by atoms with Gasteiger partial charge in [-0.15, -0.1) is 13.2 Å². The predicted octanol–water partition coefficient (Wildman–Crippen LogP) is 8.01. The fourth-order valence-electron chi connectivity index (χ4n) is 6.22. The van der Waals surface area contributed by atoms with Crippen LogP contribution in [0.5, 0.6) is 5.75 Å². The van der Waals surface area contributed by atoms with Gasteiger partial charge in [0.15, 0.2) is 13.1 Å². The molecule has 2 aromatic carbocycles. The number of benzene rings is 3. The van der Waals surface area contributed by atoms with Gasteiger partial charge in [-0.25, -0.2) is 4.58 Å². The maximum Gasteiger partial charge on any atom is 0.305 e. The number of methoxy groups -OCH3 is 1. The van der Waals surface area contributed by atoms with Crippen LogP contribution >= 0.6 is 0 Å². The van der Waals surface area contributed by atoms with Crippen molar-refractivity contribution < 1.29 is 18.7 Å². The van der Waals surface area contributed by atoms with E-state index in [9.17, 15) is 4.79 Å². The zero-order valence-corrected chi connectivity index (χ0v) is 29.1. The number of nitrogens with zero attached hydrogens (tertiary/aromatic N) is 3. The molecule has 0 fully saturated rings. The average Bonchev–Trinajstić information content (AvgIpc) is 3.08. The van der Waals surface area contributed by atoms with Gasteiger partial charge in [0.2, 0.25) is 5.36 Å². The zero-order valence-electron chi connectivity index (χ0n) is 29.1. The summed E-state index contributed by atoms with van der Waals surface area (Å²) in [6.07, 6.45) is 8.66. The summed E-state index contributed by atoms with van der Waals surface area (Å²) in [5.74, 6) is 1.37. The first-order chi connectivity index (χ1) is 23.3. The van der Waals surface area contributed by atoms with E-state index < -0.39 is 0 Å². The van der Waals surface area contributed by atoms with Crippen LogP contribution in [0.25, 0.3) is 33.4 Å². The van der Waals surface area contributed by atoms with Crippen molar-refractivity contribution in [2.45, 2.75) is 33.6 Å². The molecule has 7 nitrogen and oxygen atoms in total. The van der Waals surface area contributed by atoms with Gasteiger partial charge in [0.05, 0.1) is 19.8 Å². The van der Waals surface area contributed by atoms with Crippen molar-refractivity contribution in [2.75, 3.05) is 62.8 Å². The van der Waals surface area contributed by atoms with Crippen LogP contribution in [0.1, 0.15) is 32.3 Å². The highest BCUT2D eigenvalue weighted by atomic mass is 16.5. The Morgan fingerprint density at radius 2 is 1.62 bits per heavy atom. The quantitative estimate of drug-likeness (QED) is 0.0472. The number of fused-ring (bicyclic) bond motifs is 2.